The summed E-state index contributed by atoms with van der Waals surface area (Å²) in [6, 6.07) is 22.2. The van der Waals surface area contributed by atoms with Crippen LogP contribution >= 0.6 is 0 Å². The zero-order chi connectivity index (χ0) is 27.2. The van der Waals surface area contributed by atoms with Crippen molar-refractivity contribution in [2.45, 2.75) is 72.1 Å². The van der Waals surface area contributed by atoms with E-state index in [2.05, 4.69) is 32.9 Å². The van der Waals surface area contributed by atoms with E-state index in [9.17, 15) is 9.59 Å². The number of carbonyl (C=O) groups is 2. The topological polar surface area (TPSA) is 61.8 Å². The fourth-order valence-corrected chi connectivity index (χ4v) is 4.24. The van der Waals surface area contributed by atoms with E-state index in [1.165, 1.54) is 25.7 Å². The van der Waals surface area contributed by atoms with E-state index < -0.39 is 11.9 Å². The summed E-state index contributed by atoms with van der Waals surface area (Å²) in [5, 5.41) is 0. The van der Waals surface area contributed by atoms with Gasteiger partial charge in [0, 0.05) is 0 Å². The molecule has 5 nitrogen and oxygen atoms in total. The maximum atomic E-state index is 12.7. The molecule has 0 aliphatic heterocycles. The lowest BCUT2D eigenvalue weighted by atomic mass is 9.90. The van der Waals surface area contributed by atoms with Gasteiger partial charge in [-0.1, -0.05) is 95.7 Å². The fourth-order valence-electron chi connectivity index (χ4n) is 4.24. The van der Waals surface area contributed by atoms with E-state index in [4.69, 9.17) is 14.5 Å². The molecule has 202 valence electrons. The predicted molar refractivity (Wildman–Crippen MR) is 151 cm³/mol. The van der Waals surface area contributed by atoms with Crippen LogP contribution in [0.4, 0.5) is 0 Å². The Kier molecular flexibility index (Phi) is 11.9. The van der Waals surface area contributed by atoms with Crippen molar-refractivity contribution >= 4 is 11.9 Å². The number of rotatable bonds is 14. The molecule has 0 fully saturated rings. The average Bonchev–Trinajstić information content (AvgIpc) is 2.96. The van der Waals surface area contributed by atoms with Crippen molar-refractivity contribution in [2.24, 2.45) is 5.92 Å². The molecular formula is C33H40O5. The quantitative estimate of drug-likeness (QED) is 0.122. The third-order valence-corrected chi connectivity index (χ3v) is 6.74. The Morgan fingerprint density at radius 2 is 1.37 bits per heavy atom. The van der Waals surface area contributed by atoms with Crippen LogP contribution < -0.4 is 4.74 Å². The number of hydrogen-bond acceptors (Lipinski definition) is 5. The molecule has 0 heterocycles. The molecule has 0 saturated heterocycles. The minimum absolute atomic E-state index is 0.279. The molecule has 0 radical (unpaired) electrons. The molecule has 0 aromatic heterocycles. The van der Waals surface area contributed by atoms with Crippen molar-refractivity contribution in [3.05, 3.63) is 89.5 Å². The normalized spacial score (nSPS) is 11.6. The summed E-state index contributed by atoms with van der Waals surface area (Å²) >= 11 is 0. The monoisotopic (exact) mass is 516 g/mol. The van der Waals surface area contributed by atoms with Gasteiger partial charge in [0.05, 0.1) is 17.7 Å². The van der Waals surface area contributed by atoms with Crippen LogP contribution in [0.25, 0.3) is 11.1 Å². The van der Waals surface area contributed by atoms with E-state index in [-0.39, 0.29) is 5.56 Å². The van der Waals surface area contributed by atoms with Gasteiger partial charge in [-0.2, -0.15) is 0 Å². The molecule has 5 heteroatoms. The van der Waals surface area contributed by atoms with Crippen LogP contribution in [0.2, 0.25) is 0 Å². The number of ether oxygens (including phenoxy) is 1. The second-order valence-electron chi connectivity index (χ2n) is 9.84. The molecule has 0 aliphatic rings. The highest BCUT2D eigenvalue weighted by molar-refractivity contribution is 5.93. The first-order valence-corrected chi connectivity index (χ1v) is 13.9. The summed E-state index contributed by atoms with van der Waals surface area (Å²) in [6.07, 6.45) is 9.06. The molecule has 0 saturated carbocycles. The van der Waals surface area contributed by atoms with Crippen molar-refractivity contribution < 1.29 is 24.1 Å². The lowest BCUT2D eigenvalue weighted by Gasteiger charge is -2.15. The Morgan fingerprint density at radius 1 is 0.737 bits per heavy atom. The van der Waals surface area contributed by atoms with Crippen LogP contribution in [0.15, 0.2) is 72.8 Å². The minimum Gasteiger partial charge on any atom is -0.494 e. The van der Waals surface area contributed by atoms with Crippen molar-refractivity contribution in [1.82, 2.24) is 0 Å². The number of carbonyl (C=O) groups excluding carboxylic acids is 2. The predicted octanol–water partition coefficient (Wildman–Crippen LogP) is 8.61. The molecule has 0 N–H and O–H groups in total. The highest BCUT2D eigenvalue weighted by Gasteiger charge is 2.17. The fraction of sp³-hybridized carbons (Fsp3) is 0.394. The molecule has 0 spiro atoms. The van der Waals surface area contributed by atoms with Gasteiger partial charge in [-0.15, -0.1) is 0 Å². The first-order chi connectivity index (χ1) is 18.5. The van der Waals surface area contributed by atoms with Gasteiger partial charge in [0.15, 0.2) is 0 Å². The summed E-state index contributed by atoms with van der Waals surface area (Å²) in [5.74, 6) is -0.289. The lowest BCUT2D eigenvalue weighted by Crippen LogP contribution is -2.12. The SMILES string of the molecule is CCCCCCCCOc1ccc(C(=O)OOC(=O)c2ccc(-c3ccccc3)c(CC(C)CC)c2)cc1. The third-order valence-electron chi connectivity index (χ3n) is 6.74. The van der Waals surface area contributed by atoms with E-state index in [0.717, 1.165) is 42.4 Å². The Balaban J connectivity index is 1.54. The number of unbranched alkanes of at least 4 members (excludes halogenated alkanes) is 5. The summed E-state index contributed by atoms with van der Waals surface area (Å²) in [4.78, 5) is 34.9. The summed E-state index contributed by atoms with van der Waals surface area (Å²) in [5.41, 5.74) is 3.86. The van der Waals surface area contributed by atoms with Crippen LogP contribution in [0.1, 0.15) is 92.0 Å². The standard InChI is InChI=1S/C33H40O5/c1-4-6-7-8-9-13-22-36-30-19-16-27(17-20-30)32(34)37-38-33(35)28-18-21-31(26-14-11-10-12-15-26)29(24-28)23-25(3)5-2/h10-12,14-21,24-25H,4-9,13,22-23H2,1-3H3. The molecule has 0 bridgehead atoms. The van der Waals surface area contributed by atoms with Crippen LogP contribution in [0.3, 0.4) is 0 Å². The van der Waals surface area contributed by atoms with Gasteiger partial charge in [-0.3, -0.25) is 0 Å². The van der Waals surface area contributed by atoms with Crippen LogP contribution in [0.5, 0.6) is 5.75 Å². The highest BCUT2D eigenvalue weighted by atomic mass is 17.2. The highest BCUT2D eigenvalue weighted by Crippen LogP contribution is 2.28. The summed E-state index contributed by atoms with van der Waals surface area (Å²) < 4.78 is 5.75. The molecule has 0 aliphatic carbocycles. The average molecular weight is 517 g/mol. The lowest BCUT2D eigenvalue weighted by molar-refractivity contribution is -0.187. The van der Waals surface area contributed by atoms with Crippen LogP contribution in [-0.4, -0.2) is 18.5 Å². The zero-order valence-corrected chi connectivity index (χ0v) is 22.9. The van der Waals surface area contributed by atoms with Crippen molar-refractivity contribution in [1.29, 1.82) is 0 Å². The molecular weight excluding hydrogens is 476 g/mol. The minimum atomic E-state index is -0.735. The Bertz CT molecular complexity index is 1140. The van der Waals surface area contributed by atoms with Gasteiger partial charge in [-0.25, -0.2) is 19.4 Å². The van der Waals surface area contributed by atoms with Crippen molar-refractivity contribution in [3.8, 4) is 16.9 Å². The van der Waals surface area contributed by atoms with Gasteiger partial charge in [0.1, 0.15) is 5.75 Å². The van der Waals surface area contributed by atoms with Crippen molar-refractivity contribution in [3.63, 3.8) is 0 Å². The van der Waals surface area contributed by atoms with Gasteiger partial charge in [-0.05, 0) is 71.8 Å². The Labute approximate surface area is 227 Å². The molecule has 3 aromatic carbocycles. The largest absolute Gasteiger partial charge is 0.494 e. The summed E-state index contributed by atoms with van der Waals surface area (Å²) in [7, 11) is 0. The number of benzene rings is 3. The smallest absolute Gasteiger partial charge is 0.386 e. The first kappa shape index (κ1) is 29.0. The van der Waals surface area contributed by atoms with Crippen molar-refractivity contribution in [2.75, 3.05) is 6.61 Å². The third kappa shape index (κ3) is 9.05. The second-order valence-corrected chi connectivity index (χ2v) is 9.84. The Hall–Kier alpha value is -3.60. The van der Waals surface area contributed by atoms with E-state index in [1.54, 1.807) is 30.3 Å². The molecule has 1 unspecified atom stereocenters. The van der Waals surface area contributed by atoms with Crippen LogP contribution in [-0.2, 0) is 16.2 Å². The van der Waals surface area contributed by atoms with Crippen LogP contribution in [0, 0.1) is 5.92 Å². The molecule has 3 rings (SSSR count). The summed E-state index contributed by atoms with van der Waals surface area (Å²) in [6.45, 7) is 7.20. The molecule has 38 heavy (non-hydrogen) atoms. The molecule has 0 amide bonds. The second kappa shape index (κ2) is 15.6. The van der Waals surface area contributed by atoms with Gasteiger partial charge < -0.3 is 4.74 Å². The maximum Gasteiger partial charge on any atom is 0.386 e. The first-order valence-electron chi connectivity index (χ1n) is 13.9. The maximum absolute atomic E-state index is 12.7. The Morgan fingerprint density at radius 3 is 2.05 bits per heavy atom. The van der Waals surface area contributed by atoms with Gasteiger partial charge in [0.2, 0.25) is 0 Å². The molecule has 1 atom stereocenters. The van der Waals surface area contributed by atoms with Gasteiger partial charge >= 0.3 is 11.9 Å². The number of hydrogen-bond donors (Lipinski definition) is 0. The van der Waals surface area contributed by atoms with Gasteiger partial charge in [0.25, 0.3) is 0 Å². The van der Waals surface area contributed by atoms with E-state index in [1.807, 2.05) is 30.3 Å². The van der Waals surface area contributed by atoms with E-state index in [0.29, 0.717) is 23.8 Å². The van der Waals surface area contributed by atoms with E-state index >= 15 is 0 Å². The zero-order valence-electron chi connectivity index (χ0n) is 22.9. The molecule has 3 aromatic rings.